The molecule has 0 bridgehead atoms. The van der Waals surface area contributed by atoms with Crippen molar-refractivity contribution in [3.63, 3.8) is 0 Å². The maximum atomic E-state index is 11.0. The van der Waals surface area contributed by atoms with Gasteiger partial charge in [0, 0.05) is 11.3 Å². The van der Waals surface area contributed by atoms with Crippen molar-refractivity contribution in [3.05, 3.63) is 29.8 Å². The molecule has 4 heteroatoms. The van der Waals surface area contributed by atoms with E-state index in [1.165, 1.54) is 0 Å². The van der Waals surface area contributed by atoms with Crippen molar-refractivity contribution in [2.45, 2.75) is 0 Å². The summed E-state index contributed by atoms with van der Waals surface area (Å²) in [7, 11) is 0. The van der Waals surface area contributed by atoms with Gasteiger partial charge >= 0.3 is 0 Å². The lowest BCUT2D eigenvalue weighted by Crippen LogP contribution is -2.16. The third-order valence-electron chi connectivity index (χ3n) is 1.34. The Bertz CT molecular complexity index is 323. The number of nitrogens with two attached hydrogens (primary N) is 1. The molecule has 0 radical (unpaired) electrons. The van der Waals surface area contributed by atoms with Gasteiger partial charge in [-0.25, -0.2) is 0 Å². The Morgan fingerprint density at radius 3 is 2.50 bits per heavy atom. The zero-order valence-corrected chi connectivity index (χ0v) is 6.24. The average molecular weight is 161 g/mol. The molecule has 1 aromatic rings. The molecule has 0 saturated carbocycles. The predicted molar refractivity (Wildman–Crippen MR) is 43.9 cm³/mol. The van der Waals surface area contributed by atoms with Gasteiger partial charge in [-0.15, -0.1) is 0 Å². The molecule has 0 aliphatic heterocycles. The van der Waals surface area contributed by atoms with Gasteiger partial charge in [0.1, 0.15) is 0 Å². The standard InChI is InChI=1S/C8H7N3O/c9-5-11-8(12)6-1-3-7(10)4-2-6/h1-4H,10H2,(H,11,12). The summed E-state index contributed by atoms with van der Waals surface area (Å²) in [4.78, 5) is 11.0. The minimum atomic E-state index is -0.419. The highest BCUT2D eigenvalue weighted by Crippen LogP contribution is 2.04. The summed E-state index contributed by atoms with van der Waals surface area (Å²) >= 11 is 0. The lowest BCUT2D eigenvalue weighted by atomic mass is 10.2. The Balaban J connectivity index is 2.84. The number of nitriles is 1. The van der Waals surface area contributed by atoms with Gasteiger partial charge in [-0.05, 0) is 24.3 Å². The van der Waals surface area contributed by atoms with Gasteiger partial charge in [0.05, 0.1) is 0 Å². The van der Waals surface area contributed by atoms with Crippen molar-refractivity contribution in [3.8, 4) is 6.19 Å². The molecule has 0 aliphatic rings. The molecule has 1 rings (SSSR count). The number of amides is 1. The number of rotatable bonds is 1. The molecule has 0 saturated heterocycles. The molecule has 0 aliphatic carbocycles. The number of benzene rings is 1. The molecule has 0 unspecified atom stereocenters. The maximum absolute atomic E-state index is 11.0. The summed E-state index contributed by atoms with van der Waals surface area (Å²) in [6.07, 6.45) is 1.55. The topological polar surface area (TPSA) is 78.9 Å². The predicted octanol–water partition coefficient (Wildman–Crippen LogP) is 0.480. The zero-order valence-electron chi connectivity index (χ0n) is 6.24. The highest BCUT2D eigenvalue weighted by atomic mass is 16.1. The number of hydrogen-bond donors (Lipinski definition) is 2. The van der Waals surface area contributed by atoms with Crippen LogP contribution in [0, 0.1) is 11.5 Å². The highest BCUT2D eigenvalue weighted by Gasteiger charge is 2.02. The summed E-state index contributed by atoms with van der Waals surface area (Å²) in [6, 6.07) is 6.32. The van der Waals surface area contributed by atoms with E-state index in [0.29, 0.717) is 11.3 Å². The fraction of sp³-hybridized carbons (Fsp3) is 0. The smallest absolute Gasteiger partial charge is 0.264 e. The van der Waals surface area contributed by atoms with E-state index in [9.17, 15) is 4.79 Å². The quantitative estimate of drug-likeness (QED) is 0.357. The van der Waals surface area contributed by atoms with Crippen LogP contribution in [0.15, 0.2) is 24.3 Å². The lowest BCUT2D eigenvalue weighted by molar-refractivity contribution is 0.0973. The van der Waals surface area contributed by atoms with Crippen molar-refractivity contribution < 1.29 is 4.79 Å². The van der Waals surface area contributed by atoms with E-state index in [1.807, 2.05) is 5.32 Å². The first-order chi connectivity index (χ1) is 5.74. The SMILES string of the molecule is N#CNC(=O)c1ccc(N)cc1. The van der Waals surface area contributed by atoms with E-state index in [2.05, 4.69) is 0 Å². The van der Waals surface area contributed by atoms with E-state index in [1.54, 1.807) is 30.5 Å². The van der Waals surface area contributed by atoms with Crippen LogP contribution in [0.1, 0.15) is 10.4 Å². The summed E-state index contributed by atoms with van der Waals surface area (Å²) in [6.45, 7) is 0. The minimum Gasteiger partial charge on any atom is -0.399 e. The second kappa shape index (κ2) is 3.39. The van der Waals surface area contributed by atoms with Crippen molar-refractivity contribution in [1.29, 1.82) is 5.26 Å². The summed E-state index contributed by atoms with van der Waals surface area (Å²) in [5.74, 6) is -0.419. The van der Waals surface area contributed by atoms with Crippen LogP contribution in [0.3, 0.4) is 0 Å². The first-order valence-electron chi connectivity index (χ1n) is 3.29. The van der Waals surface area contributed by atoms with Gasteiger partial charge < -0.3 is 5.73 Å². The second-order valence-corrected chi connectivity index (χ2v) is 2.19. The van der Waals surface area contributed by atoms with Crippen LogP contribution in [-0.2, 0) is 0 Å². The van der Waals surface area contributed by atoms with Gasteiger partial charge in [-0.1, -0.05) is 0 Å². The Morgan fingerprint density at radius 1 is 1.42 bits per heavy atom. The van der Waals surface area contributed by atoms with Crippen molar-refractivity contribution in [2.75, 3.05) is 5.73 Å². The fourth-order valence-electron chi connectivity index (χ4n) is 0.757. The molecule has 1 amide bonds. The molecule has 0 aromatic heterocycles. The molecule has 4 nitrogen and oxygen atoms in total. The molecule has 1 aromatic carbocycles. The molecule has 12 heavy (non-hydrogen) atoms. The van der Waals surface area contributed by atoms with E-state index in [-0.39, 0.29) is 0 Å². The Kier molecular flexibility index (Phi) is 2.29. The van der Waals surface area contributed by atoms with E-state index in [4.69, 9.17) is 11.0 Å². The number of nitrogen functional groups attached to an aromatic ring is 1. The van der Waals surface area contributed by atoms with Crippen molar-refractivity contribution in [2.24, 2.45) is 0 Å². The number of hydrogen-bond acceptors (Lipinski definition) is 3. The second-order valence-electron chi connectivity index (χ2n) is 2.19. The third kappa shape index (κ3) is 1.73. The van der Waals surface area contributed by atoms with Crippen molar-refractivity contribution >= 4 is 11.6 Å². The normalized spacial score (nSPS) is 8.58. The molecule has 0 atom stereocenters. The summed E-state index contributed by atoms with van der Waals surface area (Å²) in [5.41, 5.74) is 6.41. The fourth-order valence-corrected chi connectivity index (χ4v) is 0.757. The number of nitrogens with one attached hydrogen (secondary N) is 1. The maximum Gasteiger partial charge on any atom is 0.264 e. The highest BCUT2D eigenvalue weighted by molar-refractivity contribution is 5.95. The molecular weight excluding hydrogens is 154 g/mol. The van der Waals surface area contributed by atoms with Crippen LogP contribution < -0.4 is 11.1 Å². The molecule has 0 fully saturated rings. The van der Waals surface area contributed by atoms with Gasteiger partial charge in [-0.3, -0.25) is 10.1 Å². The Hall–Kier alpha value is -2.02. The lowest BCUT2D eigenvalue weighted by Gasteiger charge is -1.96. The summed E-state index contributed by atoms with van der Waals surface area (Å²) < 4.78 is 0. The Labute approximate surface area is 69.6 Å². The zero-order chi connectivity index (χ0) is 8.97. The average Bonchev–Trinajstić information content (AvgIpc) is 2.06. The number of carbonyl (C=O) groups is 1. The molecule has 0 spiro atoms. The first kappa shape index (κ1) is 8.08. The molecule has 0 heterocycles. The van der Waals surface area contributed by atoms with Crippen LogP contribution in [0.4, 0.5) is 5.69 Å². The summed E-state index contributed by atoms with van der Waals surface area (Å²) in [5, 5.41) is 10.2. The third-order valence-corrected chi connectivity index (χ3v) is 1.34. The van der Waals surface area contributed by atoms with Crippen LogP contribution in [0.2, 0.25) is 0 Å². The van der Waals surface area contributed by atoms with Crippen LogP contribution in [0.25, 0.3) is 0 Å². The van der Waals surface area contributed by atoms with Gasteiger partial charge in [0.2, 0.25) is 0 Å². The molecular formula is C8H7N3O. The number of anilines is 1. The van der Waals surface area contributed by atoms with Crippen LogP contribution in [0.5, 0.6) is 0 Å². The number of nitrogens with zero attached hydrogens (tertiary/aromatic N) is 1. The monoisotopic (exact) mass is 161 g/mol. The van der Waals surface area contributed by atoms with E-state index < -0.39 is 5.91 Å². The minimum absolute atomic E-state index is 0.419. The van der Waals surface area contributed by atoms with Crippen molar-refractivity contribution in [1.82, 2.24) is 5.32 Å². The van der Waals surface area contributed by atoms with Gasteiger partial charge in [-0.2, -0.15) is 5.26 Å². The van der Waals surface area contributed by atoms with Gasteiger partial charge in [0.15, 0.2) is 6.19 Å². The number of carbonyl (C=O) groups excluding carboxylic acids is 1. The van der Waals surface area contributed by atoms with E-state index in [0.717, 1.165) is 0 Å². The molecule has 3 N–H and O–H groups in total. The van der Waals surface area contributed by atoms with Crippen LogP contribution >= 0.6 is 0 Å². The van der Waals surface area contributed by atoms with Crippen LogP contribution in [-0.4, -0.2) is 5.91 Å². The van der Waals surface area contributed by atoms with Gasteiger partial charge in [0.25, 0.3) is 5.91 Å². The first-order valence-corrected chi connectivity index (χ1v) is 3.29. The van der Waals surface area contributed by atoms with E-state index >= 15 is 0 Å². The Morgan fingerprint density at radius 2 is 2.00 bits per heavy atom. The largest absolute Gasteiger partial charge is 0.399 e. The molecule has 60 valence electrons.